The Balaban J connectivity index is 2.65. The lowest BCUT2D eigenvalue weighted by Gasteiger charge is -2.08. The quantitative estimate of drug-likeness (QED) is 0.737. The molecule has 0 saturated heterocycles. The highest BCUT2D eigenvalue weighted by atomic mass is 35.5. The average molecular weight is 230 g/mol. The molecule has 0 bridgehead atoms. The van der Waals surface area contributed by atoms with Gasteiger partial charge in [0.2, 0.25) is 0 Å². The summed E-state index contributed by atoms with van der Waals surface area (Å²) in [5.41, 5.74) is 1.50. The zero-order valence-electron chi connectivity index (χ0n) is 8.17. The lowest BCUT2D eigenvalue weighted by atomic mass is 10.2. The van der Waals surface area contributed by atoms with Crippen molar-refractivity contribution in [2.75, 3.05) is 0 Å². The summed E-state index contributed by atoms with van der Waals surface area (Å²) in [6.07, 6.45) is -2.37. The summed E-state index contributed by atoms with van der Waals surface area (Å²) in [5.74, 6) is 0. The number of aryl methyl sites for hydroxylation is 1. The smallest absolute Gasteiger partial charge is 0.256 e. The lowest BCUT2D eigenvalue weighted by molar-refractivity contribution is 0.127. The maximum absolute atomic E-state index is 12.4. The Hall–Kier alpha value is -1.09. The molecule has 0 atom stereocenters. The van der Waals surface area contributed by atoms with E-state index in [0.29, 0.717) is 10.5 Å². The number of alkyl halides is 2. The van der Waals surface area contributed by atoms with Gasteiger partial charge < -0.3 is 4.57 Å². The van der Waals surface area contributed by atoms with Crippen molar-refractivity contribution in [2.45, 2.75) is 19.9 Å². The number of fused-ring (bicyclic) bond motifs is 1. The van der Waals surface area contributed by atoms with Gasteiger partial charge in [0.25, 0.3) is 6.43 Å². The number of hydrogen-bond donors (Lipinski definition) is 0. The summed E-state index contributed by atoms with van der Waals surface area (Å²) in [6.45, 7) is 1.50. The molecule has 0 radical (unpaired) electrons. The van der Waals surface area contributed by atoms with Crippen LogP contribution in [0, 0.1) is 6.92 Å². The Labute approximate surface area is 91.3 Å². The van der Waals surface area contributed by atoms with Crippen LogP contribution in [0.3, 0.4) is 0 Å². The van der Waals surface area contributed by atoms with Crippen molar-refractivity contribution >= 4 is 22.5 Å². The fourth-order valence-electron chi connectivity index (χ4n) is 1.79. The molecule has 1 aromatic carbocycles. The summed E-state index contributed by atoms with van der Waals surface area (Å²) in [4.78, 5) is 0. The third-order valence-corrected chi connectivity index (χ3v) is 2.70. The predicted molar refractivity (Wildman–Crippen MR) is 57.7 cm³/mol. The zero-order chi connectivity index (χ0) is 11.0. The number of aromatic nitrogens is 1. The van der Waals surface area contributed by atoms with Crippen LogP contribution in [0.15, 0.2) is 24.3 Å². The van der Waals surface area contributed by atoms with Crippen LogP contribution in [0.2, 0.25) is 5.02 Å². The van der Waals surface area contributed by atoms with Gasteiger partial charge in [0.05, 0.1) is 17.1 Å². The first-order valence-corrected chi connectivity index (χ1v) is 5.00. The second-order valence-electron chi connectivity index (χ2n) is 3.47. The fourth-order valence-corrected chi connectivity index (χ4v) is 2.07. The van der Waals surface area contributed by atoms with Gasteiger partial charge in [-0.3, -0.25) is 0 Å². The van der Waals surface area contributed by atoms with E-state index in [4.69, 9.17) is 11.6 Å². The Morgan fingerprint density at radius 2 is 2.13 bits per heavy atom. The van der Waals surface area contributed by atoms with Crippen molar-refractivity contribution in [2.24, 2.45) is 0 Å². The van der Waals surface area contributed by atoms with Crippen LogP contribution >= 0.6 is 11.6 Å². The van der Waals surface area contributed by atoms with E-state index in [9.17, 15) is 8.78 Å². The Morgan fingerprint density at radius 1 is 1.40 bits per heavy atom. The highest BCUT2D eigenvalue weighted by Crippen LogP contribution is 2.27. The predicted octanol–water partition coefficient (Wildman–Crippen LogP) is 3.87. The number of hydrogen-bond acceptors (Lipinski definition) is 0. The Bertz CT molecular complexity index is 491. The second-order valence-corrected chi connectivity index (χ2v) is 3.87. The molecule has 4 heteroatoms. The van der Waals surface area contributed by atoms with E-state index in [2.05, 4.69) is 0 Å². The largest absolute Gasteiger partial charge is 0.338 e. The van der Waals surface area contributed by atoms with Gasteiger partial charge in [-0.1, -0.05) is 23.7 Å². The molecule has 80 valence electrons. The van der Waals surface area contributed by atoms with E-state index < -0.39 is 6.43 Å². The SMILES string of the molecule is Cc1cc2cccc(Cl)c2n1CC(F)F. The number of halogens is 3. The molecule has 1 nitrogen and oxygen atoms in total. The van der Waals surface area contributed by atoms with Crippen molar-refractivity contribution in [1.82, 2.24) is 4.57 Å². The van der Waals surface area contributed by atoms with E-state index in [-0.39, 0.29) is 6.54 Å². The van der Waals surface area contributed by atoms with Gasteiger partial charge in [0, 0.05) is 11.1 Å². The molecule has 1 heterocycles. The van der Waals surface area contributed by atoms with E-state index >= 15 is 0 Å². The molecule has 15 heavy (non-hydrogen) atoms. The van der Waals surface area contributed by atoms with Crippen molar-refractivity contribution < 1.29 is 8.78 Å². The van der Waals surface area contributed by atoms with Crippen LogP contribution in [0.25, 0.3) is 10.9 Å². The summed E-state index contributed by atoms with van der Waals surface area (Å²) >= 11 is 5.99. The third-order valence-electron chi connectivity index (χ3n) is 2.40. The van der Waals surface area contributed by atoms with Crippen LogP contribution in [-0.2, 0) is 6.54 Å². The van der Waals surface area contributed by atoms with Gasteiger partial charge >= 0.3 is 0 Å². The molecule has 0 saturated carbocycles. The molecule has 0 aliphatic heterocycles. The summed E-state index contributed by atoms with van der Waals surface area (Å²) in [7, 11) is 0. The highest BCUT2D eigenvalue weighted by molar-refractivity contribution is 6.35. The van der Waals surface area contributed by atoms with Crippen molar-refractivity contribution in [3.63, 3.8) is 0 Å². The van der Waals surface area contributed by atoms with E-state index in [1.807, 2.05) is 18.2 Å². The molecule has 2 aromatic rings. The Kier molecular flexibility index (Phi) is 2.65. The minimum absolute atomic E-state index is 0.306. The van der Waals surface area contributed by atoms with Crippen LogP contribution in [0.1, 0.15) is 5.69 Å². The standard InChI is InChI=1S/C11H10ClF2N/c1-7-5-8-3-2-4-9(12)11(8)15(7)6-10(13)14/h2-5,10H,6H2,1H3. The van der Waals surface area contributed by atoms with E-state index in [1.165, 1.54) is 0 Å². The molecule has 1 aromatic heterocycles. The van der Waals surface area contributed by atoms with Crippen LogP contribution < -0.4 is 0 Å². The maximum Gasteiger partial charge on any atom is 0.256 e. The van der Waals surface area contributed by atoms with Crippen molar-refractivity contribution in [3.05, 3.63) is 35.0 Å². The Morgan fingerprint density at radius 3 is 2.80 bits per heavy atom. The van der Waals surface area contributed by atoms with Gasteiger partial charge in [-0.2, -0.15) is 0 Å². The first-order chi connectivity index (χ1) is 7.09. The molecule has 0 N–H and O–H groups in total. The first-order valence-electron chi connectivity index (χ1n) is 4.62. The van der Waals surface area contributed by atoms with Crippen LogP contribution in [-0.4, -0.2) is 11.0 Å². The highest BCUT2D eigenvalue weighted by Gasteiger charge is 2.12. The first kappa shape index (κ1) is 10.4. The fraction of sp³-hybridized carbons (Fsp3) is 0.273. The molecule has 0 unspecified atom stereocenters. The minimum Gasteiger partial charge on any atom is -0.338 e. The van der Waals surface area contributed by atoms with Gasteiger partial charge in [-0.15, -0.1) is 0 Å². The number of para-hydroxylation sites is 1. The molecule has 0 amide bonds. The molecule has 0 fully saturated rings. The lowest BCUT2D eigenvalue weighted by Crippen LogP contribution is -2.07. The summed E-state index contributed by atoms with van der Waals surface area (Å²) in [5, 5.41) is 1.42. The van der Waals surface area contributed by atoms with Crippen molar-refractivity contribution in [3.8, 4) is 0 Å². The summed E-state index contributed by atoms with van der Waals surface area (Å²) < 4.78 is 26.3. The number of benzene rings is 1. The molecule has 2 rings (SSSR count). The van der Waals surface area contributed by atoms with Gasteiger partial charge in [0.15, 0.2) is 0 Å². The average Bonchev–Trinajstić information content (AvgIpc) is 2.43. The normalized spacial score (nSPS) is 11.5. The third kappa shape index (κ3) is 1.84. The van der Waals surface area contributed by atoms with Gasteiger partial charge in [-0.05, 0) is 19.1 Å². The molecule has 0 aliphatic carbocycles. The second kappa shape index (κ2) is 3.81. The minimum atomic E-state index is -2.37. The monoisotopic (exact) mass is 229 g/mol. The molecular formula is C11H10ClF2N. The number of nitrogens with zero attached hydrogens (tertiary/aromatic N) is 1. The van der Waals surface area contributed by atoms with Gasteiger partial charge in [0.1, 0.15) is 0 Å². The maximum atomic E-state index is 12.4. The zero-order valence-corrected chi connectivity index (χ0v) is 8.93. The number of rotatable bonds is 2. The van der Waals surface area contributed by atoms with E-state index in [0.717, 1.165) is 11.1 Å². The molecule has 0 spiro atoms. The van der Waals surface area contributed by atoms with E-state index in [1.54, 1.807) is 17.6 Å². The molecular weight excluding hydrogens is 220 g/mol. The topological polar surface area (TPSA) is 4.93 Å². The molecule has 0 aliphatic rings. The van der Waals surface area contributed by atoms with Gasteiger partial charge in [-0.25, -0.2) is 8.78 Å². The van der Waals surface area contributed by atoms with Crippen molar-refractivity contribution in [1.29, 1.82) is 0 Å². The van der Waals surface area contributed by atoms with Crippen LogP contribution in [0.4, 0.5) is 8.78 Å². The summed E-state index contributed by atoms with van der Waals surface area (Å²) in [6, 6.07) is 7.27. The van der Waals surface area contributed by atoms with Crippen LogP contribution in [0.5, 0.6) is 0 Å².